The van der Waals surface area contributed by atoms with Crippen molar-refractivity contribution >= 4 is 0 Å². The first-order chi connectivity index (χ1) is 22.9. The Morgan fingerprint density at radius 2 is 1.38 bits per heavy atom. The molecule has 47 heavy (non-hydrogen) atoms. The molecule has 4 aliphatic rings. The highest BCUT2D eigenvalue weighted by Gasteiger charge is 2.32. The third-order valence-electron chi connectivity index (χ3n) is 10.2. The van der Waals surface area contributed by atoms with Crippen LogP contribution in [0, 0.1) is 0 Å². The monoisotopic (exact) mass is 636 g/mol. The number of ether oxygens (including phenoxy) is 5. The number of phenols is 1. The zero-order valence-corrected chi connectivity index (χ0v) is 28.0. The number of phenolic OH excluding ortho intramolecular Hbond substituents is 1. The second kappa shape index (κ2) is 13.1. The Bertz CT molecular complexity index is 1770. The molecule has 0 saturated heterocycles. The molecule has 246 valence electrons. The first-order valence-corrected chi connectivity index (χ1v) is 16.4. The molecule has 0 radical (unpaired) electrons. The van der Waals surface area contributed by atoms with Crippen molar-refractivity contribution in [2.45, 2.75) is 51.0 Å². The van der Waals surface area contributed by atoms with Crippen molar-refractivity contribution < 1.29 is 28.8 Å². The van der Waals surface area contributed by atoms with Gasteiger partial charge >= 0.3 is 0 Å². The lowest BCUT2D eigenvalue weighted by Gasteiger charge is -2.37. The molecule has 4 aliphatic heterocycles. The van der Waals surface area contributed by atoms with E-state index in [0.717, 1.165) is 61.2 Å². The molecule has 0 amide bonds. The number of fused-ring (bicyclic) bond motifs is 4. The molecule has 0 aromatic heterocycles. The maximum atomic E-state index is 10.8. The fourth-order valence-corrected chi connectivity index (χ4v) is 7.61. The van der Waals surface area contributed by atoms with Crippen LogP contribution in [0.2, 0.25) is 0 Å². The highest BCUT2D eigenvalue weighted by molar-refractivity contribution is 5.57. The van der Waals surface area contributed by atoms with Gasteiger partial charge in [-0.3, -0.25) is 9.80 Å². The van der Waals surface area contributed by atoms with Gasteiger partial charge in [-0.1, -0.05) is 18.2 Å². The second-order valence-corrected chi connectivity index (χ2v) is 13.0. The van der Waals surface area contributed by atoms with E-state index in [1.54, 1.807) is 27.4 Å². The fourth-order valence-electron chi connectivity index (χ4n) is 7.61. The standard InChI is InChI=1S/C39H44N2O6/c1-40-14-12-26-20-35(43-3)28-19-30(26)32(40)16-24-6-9-29(10-7-24)47-36-18-25(8-11-34(36)42)17-33-38-27(13-15-41(33)2)21-37(44-4)39(45-5)31(38)23-46-22-28/h6-11,18-21,32-33,42H,12-17,22-23H2,1-5H3/t32-,33+/m0/s1. The molecule has 6 bridgehead atoms. The molecule has 0 fully saturated rings. The zero-order chi connectivity index (χ0) is 32.7. The molecule has 2 atom stereocenters. The normalized spacial score (nSPS) is 19.8. The van der Waals surface area contributed by atoms with Crippen molar-refractivity contribution in [3.63, 3.8) is 0 Å². The number of likely N-dealkylation sites (N-methyl/N-ethyl adjacent to an activating group) is 2. The van der Waals surface area contributed by atoms with Gasteiger partial charge in [0, 0.05) is 36.3 Å². The molecule has 0 spiro atoms. The third-order valence-corrected chi connectivity index (χ3v) is 10.2. The fraction of sp³-hybridized carbons (Fsp3) is 0.385. The summed E-state index contributed by atoms with van der Waals surface area (Å²) in [6.45, 7) is 2.63. The molecule has 8 rings (SSSR count). The third kappa shape index (κ3) is 6.02. The van der Waals surface area contributed by atoms with Gasteiger partial charge < -0.3 is 28.8 Å². The summed E-state index contributed by atoms with van der Waals surface area (Å²) in [5.41, 5.74) is 9.39. The lowest BCUT2D eigenvalue weighted by molar-refractivity contribution is 0.100. The van der Waals surface area contributed by atoms with Gasteiger partial charge in [0.2, 0.25) is 0 Å². The summed E-state index contributed by atoms with van der Waals surface area (Å²) in [5.74, 6) is 3.52. The molecule has 1 N–H and O–H groups in total. The Labute approximate surface area is 277 Å². The Balaban J connectivity index is 1.37. The first-order valence-electron chi connectivity index (χ1n) is 16.4. The van der Waals surface area contributed by atoms with Crippen LogP contribution >= 0.6 is 0 Å². The maximum absolute atomic E-state index is 10.8. The van der Waals surface area contributed by atoms with E-state index >= 15 is 0 Å². The van der Waals surface area contributed by atoms with E-state index in [2.05, 4.69) is 54.2 Å². The lowest BCUT2D eigenvalue weighted by atomic mass is 9.85. The van der Waals surface area contributed by atoms with E-state index in [4.69, 9.17) is 23.7 Å². The topological polar surface area (TPSA) is 72.9 Å². The summed E-state index contributed by atoms with van der Waals surface area (Å²) in [6.07, 6.45) is 3.44. The molecular formula is C39H44N2O6. The Kier molecular flexibility index (Phi) is 8.75. The van der Waals surface area contributed by atoms with E-state index in [1.807, 2.05) is 24.3 Å². The largest absolute Gasteiger partial charge is 0.504 e. The summed E-state index contributed by atoms with van der Waals surface area (Å²) >= 11 is 0. The van der Waals surface area contributed by atoms with Crippen LogP contribution in [0.1, 0.15) is 56.6 Å². The average molecular weight is 637 g/mol. The Hall–Kier alpha value is -4.24. The second-order valence-electron chi connectivity index (χ2n) is 13.0. The Morgan fingerprint density at radius 1 is 0.702 bits per heavy atom. The van der Waals surface area contributed by atoms with Crippen LogP contribution in [0.4, 0.5) is 0 Å². The zero-order valence-electron chi connectivity index (χ0n) is 28.0. The number of rotatable bonds is 3. The summed E-state index contributed by atoms with van der Waals surface area (Å²) in [4.78, 5) is 4.82. The quantitative estimate of drug-likeness (QED) is 0.264. The van der Waals surface area contributed by atoms with Crippen molar-refractivity contribution in [2.24, 2.45) is 0 Å². The highest BCUT2D eigenvalue weighted by atomic mass is 16.5. The van der Waals surface area contributed by atoms with Crippen LogP contribution in [-0.4, -0.2) is 63.4 Å². The van der Waals surface area contributed by atoms with Crippen LogP contribution in [0.25, 0.3) is 0 Å². The minimum atomic E-state index is 0.0500. The van der Waals surface area contributed by atoms with Crippen LogP contribution in [0.15, 0.2) is 60.7 Å². The first kappa shape index (κ1) is 31.4. The summed E-state index contributed by atoms with van der Waals surface area (Å²) in [7, 11) is 9.48. The number of methoxy groups -OCH3 is 3. The van der Waals surface area contributed by atoms with Crippen molar-refractivity contribution in [1.82, 2.24) is 9.80 Å². The van der Waals surface area contributed by atoms with Crippen LogP contribution < -0.4 is 18.9 Å². The summed E-state index contributed by atoms with van der Waals surface area (Å²) < 4.78 is 30.7. The van der Waals surface area contributed by atoms with Gasteiger partial charge in [0.05, 0.1) is 34.5 Å². The van der Waals surface area contributed by atoms with Crippen LogP contribution in [0.3, 0.4) is 0 Å². The van der Waals surface area contributed by atoms with E-state index in [-0.39, 0.29) is 17.8 Å². The molecule has 4 heterocycles. The minimum absolute atomic E-state index is 0.0500. The van der Waals surface area contributed by atoms with Crippen molar-refractivity contribution in [2.75, 3.05) is 48.5 Å². The van der Waals surface area contributed by atoms with E-state index in [9.17, 15) is 5.11 Å². The Morgan fingerprint density at radius 3 is 2.13 bits per heavy atom. The van der Waals surface area contributed by atoms with Crippen molar-refractivity contribution in [3.8, 4) is 34.5 Å². The van der Waals surface area contributed by atoms with E-state index in [1.165, 1.54) is 27.8 Å². The molecule has 8 heteroatoms. The van der Waals surface area contributed by atoms with Gasteiger partial charge in [0.25, 0.3) is 0 Å². The van der Waals surface area contributed by atoms with Crippen LogP contribution in [-0.2, 0) is 43.6 Å². The minimum Gasteiger partial charge on any atom is -0.504 e. The van der Waals surface area contributed by atoms with E-state index in [0.29, 0.717) is 36.2 Å². The molecule has 8 nitrogen and oxygen atoms in total. The van der Waals surface area contributed by atoms with Gasteiger partial charge in [0.15, 0.2) is 23.0 Å². The summed E-state index contributed by atoms with van der Waals surface area (Å²) in [5, 5.41) is 10.8. The van der Waals surface area contributed by atoms with Gasteiger partial charge in [-0.05, 0) is 116 Å². The molecular weight excluding hydrogens is 592 g/mol. The van der Waals surface area contributed by atoms with Gasteiger partial charge in [0.1, 0.15) is 11.5 Å². The maximum Gasteiger partial charge on any atom is 0.169 e. The average Bonchev–Trinajstić information content (AvgIpc) is 3.08. The highest BCUT2D eigenvalue weighted by Crippen LogP contribution is 2.45. The number of aromatic hydroxyl groups is 1. The SMILES string of the molecule is COc1cc2c3cc1COCc1c(OC)c(OC)cc4c1[C@@H](Cc1ccc(O)c(c1)Oc1ccc(cc1)C[C@@H]3N(C)CC2)N(C)CC4. The molecule has 0 saturated carbocycles. The number of nitrogens with zero attached hydrogens (tertiary/aromatic N) is 2. The van der Waals surface area contributed by atoms with Crippen LogP contribution in [0.5, 0.6) is 34.5 Å². The van der Waals surface area contributed by atoms with Crippen molar-refractivity contribution in [1.29, 1.82) is 0 Å². The van der Waals surface area contributed by atoms with Crippen molar-refractivity contribution in [3.05, 3.63) is 105 Å². The number of hydrogen-bond donors (Lipinski definition) is 1. The predicted molar refractivity (Wildman–Crippen MR) is 181 cm³/mol. The molecule has 4 aromatic rings. The summed E-state index contributed by atoms with van der Waals surface area (Å²) in [6, 6.07) is 20.8. The number of hydrogen-bond acceptors (Lipinski definition) is 8. The predicted octanol–water partition coefficient (Wildman–Crippen LogP) is 6.78. The van der Waals surface area contributed by atoms with Gasteiger partial charge in [-0.2, -0.15) is 0 Å². The lowest BCUT2D eigenvalue weighted by Crippen LogP contribution is -2.34. The molecule has 0 unspecified atom stereocenters. The van der Waals surface area contributed by atoms with Gasteiger partial charge in [-0.25, -0.2) is 0 Å². The number of benzene rings is 4. The van der Waals surface area contributed by atoms with E-state index < -0.39 is 0 Å². The molecule has 0 aliphatic carbocycles. The smallest absolute Gasteiger partial charge is 0.169 e. The molecule has 4 aromatic carbocycles. The van der Waals surface area contributed by atoms with Gasteiger partial charge in [-0.15, -0.1) is 0 Å².